The number of piperidine rings is 1. The van der Waals surface area contributed by atoms with Crippen LogP contribution in [-0.2, 0) is 7.05 Å². The first kappa shape index (κ1) is 15.3. The molecule has 1 unspecified atom stereocenters. The Bertz CT molecular complexity index is 435. The van der Waals surface area contributed by atoms with Crippen molar-refractivity contribution in [1.82, 2.24) is 14.7 Å². The number of likely N-dealkylation sites (tertiary alicyclic amines) is 1. The quantitative estimate of drug-likeness (QED) is 0.894. The van der Waals surface area contributed by atoms with Gasteiger partial charge in [0.1, 0.15) is 0 Å². The van der Waals surface area contributed by atoms with Gasteiger partial charge >= 0.3 is 0 Å². The van der Waals surface area contributed by atoms with E-state index in [1.54, 1.807) is 7.11 Å². The summed E-state index contributed by atoms with van der Waals surface area (Å²) in [4.78, 5) is 2.50. The van der Waals surface area contributed by atoms with Gasteiger partial charge in [0.15, 0.2) is 0 Å². The number of nitrogens with two attached hydrogens (primary N) is 1. The zero-order valence-corrected chi connectivity index (χ0v) is 13.2. The standard InChI is InChI=1S/C15H28N4O/c1-5-12-6-8-19(9-7-12)13(10-16)14-11(2)17-18(3)15(14)20-4/h12-13H,5-10,16H2,1-4H3. The van der Waals surface area contributed by atoms with Gasteiger partial charge in [0.25, 0.3) is 0 Å². The van der Waals surface area contributed by atoms with Gasteiger partial charge < -0.3 is 10.5 Å². The minimum absolute atomic E-state index is 0.219. The Morgan fingerprint density at radius 3 is 2.55 bits per heavy atom. The molecule has 5 heteroatoms. The molecule has 2 rings (SSSR count). The molecule has 0 aliphatic carbocycles. The highest BCUT2D eigenvalue weighted by Gasteiger charge is 2.30. The maximum Gasteiger partial charge on any atom is 0.216 e. The van der Waals surface area contributed by atoms with Crippen LogP contribution in [0.3, 0.4) is 0 Å². The van der Waals surface area contributed by atoms with Gasteiger partial charge in [-0.2, -0.15) is 5.10 Å². The molecule has 0 aromatic carbocycles. The highest BCUT2D eigenvalue weighted by Crippen LogP contribution is 2.34. The molecule has 0 amide bonds. The van der Waals surface area contributed by atoms with Crippen LogP contribution < -0.4 is 10.5 Å². The lowest BCUT2D eigenvalue weighted by Gasteiger charge is -2.37. The Balaban J connectivity index is 2.21. The molecular formula is C15H28N4O. The molecule has 2 N–H and O–H groups in total. The Labute approximate surface area is 122 Å². The maximum atomic E-state index is 6.07. The van der Waals surface area contributed by atoms with Crippen LogP contribution in [0.25, 0.3) is 0 Å². The lowest BCUT2D eigenvalue weighted by atomic mass is 9.92. The van der Waals surface area contributed by atoms with E-state index in [2.05, 4.69) is 16.9 Å². The summed E-state index contributed by atoms with van der Waals surface area (Å²) in [6.07, 6.45) is 3.83. The number of nitrogens with zero attached hydrogens (tertiary/aromatic N) is 3. The lowest BCUT2D eigenvalue weighted by Crippen LogP contribution is -2.40. The zero-order valence-electron chi connectivity index (χ0n) is 13.2. The normalized spacial score (nSPS) is 19.2. The average molecular weight is 280 g/mol. The number of aromatic nitrogens is 2. The van der Waals surface area contributed by atoms with Gasteiger partial charge in [-0.1, -0.05) is 13.3 Å². The maximum absolute atomic E-state index is 6.07. The smallest absolute Gasteiger partial charge is 0.216 e. The van der Waals surface area contributed by atoms with Crippen LogP contribution in [0.5, 0.6) is 5.88 Å². The van der Waals surface area contributed by atoms with Crippen LogP contribution >= 0.6 is 0 Å². The summed E-state index contributed by atoms with van der Waals surface area (Å²) in [6.45, 7) is 7.18. The van der Waals surface area contributed by atoms with Crippen molar-refractivity contribution in [2.45, 2.75) is 39.2 Å². The van der Waals surface area contributed by atoms with Crippen LogP contribution in [0, 0.1) is 12.8 Å². The Morgan fingerprint density at radius 1 is 1.40 bits per heavy atom. The fourth-order valence-corrected chi connectivity index (χ4v) is 3.40. The Kier molecular flexibility index (Phi) is 5.05. The zero-order chi connectivity index (χ0) is 14.7. The van der Waals surface area contributed by atoms with E-state index in [0.29, 0.717) is 6.54 Å². The third kappa shape index (κ3) is 2.83. The number of hydrogen-bond acceptors (Lipinski definition) is 4. The van der Waals surface area contributed by atoms with Gasteiger partial charge in [-0.05, 0) is 38.8 Å². The summed E-state index contributed by atoms with van der Waals surface area (Å²) in [5.41, 5.74) is 8.26. The summed E-state index contributed by atoms with van der Waals surface area (Å²) in [6, 6.07) is 0.219. The molecule has 1 aliphatic heterocycles. The van der Waals surface area contributed by atoms with E-state index in [1.807, 2.05) is 18.7 Å². The van der Waals surface area contributed by atoms with E-state index in [-0.39, 0.29) is 6.04 Å². The number of hydrogen-bond donors (Lipinski definition) is 1. The van der Waals surface area contributed by atoms with E-state index >= 15 is 0 Å². The topological polar surface area (TPSA) is 56.3 Å². The molecule has 5 nitrogen and oxygen atoms in total. The Morgan fingerprint density at radius 2 is 2.05 bits per heavy atom. The first-order chi connectivity index (χ1) is 9.62. The third-order valence-electron chi connectivity index (χ3n) is 4.63. The molecule has 1 fully saturated rings. The minimum Gasteiger partial charge on any atom is -0.481 e. The van der Waals surface area contributed by atoms with Crippen molar-refractivity contribution in [3.05, 3.63) is 11.3 Å². The summed E-state index contributed by atoms with van der Waals surface area (Å²) in [5, 5.41) is 4.49. The van der Waals surface area contributed by atoms with Crippen molar-refractivity contribution < 1.29 is 4.74 Å². The van der Waals surface area contributed by atoms with Crippen molar-refractivity contribution >= 4 is 0 Å². The first-order valence-electron chi connectivity index (χ1n) is 7.63. The summed E-state index contributed by atoms with van der Waals surface area (Å²) in [7, 11) is 3.63. The second kappa shape index (κ2) is 6.59. The fourth-order valence-electron chi connectivity index (χ4n) is 3.40. The molecule has 1 aromatic rings. The molecule has 0 saturated carbocycles. The van der Waals surface area contributed by atoms with Gasteiger partial charge in [-0.3, -0.25) is 4.90 Å². The third-order valence-corrected chi connectivity index (χ3v) is 4.63. The summed E-state index contributed by atoms with van der Waals surface area (Å²) in [5.74, 6) is 1.72. The van der Waals surface area contributed by atoms with E-state index < -0.39 is 0 Å². The molecule has 114 valence electrons. The molecular weight excluding hydrogens is 252 g/mol. The summed E-state index contributed by atoms with van der Waals surface area (Å²) < 4.78 is 7.34. The van der Waals surface area contributed by atoms with Gasteiger partial charge in [0.05, 0.1) is 24.4 Å². The van der Waals surface area contributed by atoms with Crippen molar-refractivity contribution in [2.24, 2.45) is 18.7 Å². The fraction of sp³-hybridized carbons (Fsp3) is 0.800. The minimum atomic E-state index is 0.219. The largest absolute Gasteiger partial charge is 0.481 e. The second-order valence-electron chi connectivity index (χ2n) is 5.77. The lowest BCUT2D eigenvalue weighted by molar-refractivity contribution is 0.131. The van der Waals surface area contributed by atoms with Crippen LogP contribution in [0.1, 0.15) is 43.5 Å². The average Bonchev–Trinajstić information content (AvgIpc) is 2.75. The molecule has 20 heavy (non-hydrogen) atoms. The number of rotatable bonds is 5. The van der Waals surface area contributed by atoms with E-state index in [1.165, 1.54) is 19.3 Å². The van der Waals surface area contributed by atoms with Crippen molar-refractivity contribution in [3.63, 3.8) is 0 Å². The molecule has 1 aliphatic rings. The van der Waals surface area contributed by atoms with Crippen LogP contribution in [0.15, 0.2) is 0 Å². The van der Waals surface area contributed by atoms with E-state index in [4.69, 9.17) is 10.5 Å². The number of aryl methyl sites for hydroxylation is 2. The molecule has 2 heterocycles. The highest BCUT2D eigenvalue weighted by molar-refractivity contribution is 5.34. The number of methoxy groups -OCH3 is 1. The van der Waals surface area contributed by atoms with Gasteiger partial charge in [0.2, 0.25) is 5.88 Å². The SMILES string of the molecule is CCC1CCN(C(CN)c2c(C)nn(C)c2OC)CC1. The van der Waals surface area contributed by atoms with Gasteiger partial charge in [-0.15, -0.1) is 0 Å². The predicted molar refractivity (Wildman–Crippen MR) is 80.9 cm³/mol. The van der Waals surface area contributed by atoms with E-state index in [0.717, 1.165) is 36.1 Å². The molecule has 0 bridgehead atoms. The van der Waals surface area contributed by atoms with Crippen molar-refractivity contribution in [1.29, 1.82) is 0 Å². The molecule has 1 atom stereocenters. The van der Waals surface area contributed by atoms with Crippen LogP contribution in [-0.4, -0.2) is 41.4 Å². The first-order valence-corrected chi connectivity index (χ1v) is 7.63. The predicted octanol–water partition coefficient (Wildman–Crippen LogP) is 1.86. The summed E-state index contributed by atoms with van der Waals surface area (Å²) >= 11 is 0. The van der Waals surface area contributed by atoms with Crippen molar-refractivity contribution in [2.75, 3.05) is 26.7 Å². The second-order valence-corrected chi connectivity index (χ2v) is 5.77. The molecule has 0 spiro atoms. The van der Waals surface area contributed by atoms with E-state index in [9.17, 15) is 0 Å². The number of ether oxygens (including phenoxy) is 1. The molecule has 0 radical (unpaired) electrons. The highest BCUT2D eigenvalue weighted by atomic mass is 16.5. The van der Waals surface area contributed by atoms with Crippen LogP contribution in [0.2, 0.25) is 0 Å². The van der Waals surface area contributed by atoms with Crippen LogP contribution in [0.4, 0.5) is 0 Å². The van der Waals surface area contributed by atoms with Crippen molar-refractivity contribution in [3.8, 4) is 5.88 Å². The molecule has 1 saturated heterocycles. The Hall–Kier alpha value is -1.07. The van der Waals surface area contributed by atoms with Gasteiger partial charge in [-0.25, -0.2) is 4.68 Å². The van der Waals surface area contributed by atoms with Gasteiger partial charge in [0, 0.05) is 13.6 Å². The monoisotopic (exact) mass is 280 g/mol. The molecule has 1 aromatic heterocycles.